The summed E-state index contributed by atoms with van der Waals surface area (Å²) >= 11 is 0. The average Bonchev–Trinajstić information content (AvgIpc) is 3.75. The lowest BCUT2D eigenvalue weighted by Gasteiger charge is -2.20. The minimum atomic E-state index is 1.02. The summed E-state index contributed by atoms with van der Waals surface area (Å²) in [7, 11) is 0. The molecule has 0 radical (unpaired) electrons. The summed E-state index contributed by atoms with van der Waals surface area (Å²) in [6.45, 7) is 0. The zero-order chi connectivity index (χ0) is 35.3. The lowest BCUT2D eigenvalue weighted by atomic mass is 9.82. The zero-order valence-electron chi connectivity index (χ0n) is 29.7. The summed E-state index contributed by atoms with van der Waals surface area (Å²) in [6.07, 6.45) is 4.59. The average molecular weight is 683 g/mol. The third kappa shape index (κ3) is 4.08. The van der Waals surface area contributed by atoms with Gasteiger partial charge in [0.2, 0.25) is 0 Å². The zero-order valence-corrected chi connectivity index (χ0v) is 29.7. The second-order valence-corrected chi connectivity index (χ2v) is 15.0. The van der Waals surface area contributed by atoms with E-state index in [0.29, 0.717) is 0 Å². The molecule has 250 valence electrons. The molecule has 3 aliphatic carbocycles. The van der Waals surface area contributed by atoms with E-state index < -0.39 is 0 Å². The molecule has 0 N–H and O–H groups in total. The molecule has 0 amide bonds. The lowest BCUT2D eigenvalue weighted by Crippen LogP contribution is -1.96. The van der Waals surface area contributed by atoms with Crippen LogP contribution in [0.15, 0.2) is 182 Å². The van der Waals surface area contributed by atoms with Crippen molar-refractivity contribution in [2.45, 2.75) is 12.8 Å². The first-order chi connectivity index (χ1) is 26.8. The molecule has 0 heteroatoms. The first-order valence-corrected chi connectivity index (χ1v) is 19.2. The SMILES string of the molecule is C1=C(c2ccc3c4c(cccc24)-c2c-3c(-c3ccccc3)c3ccccc3c2-c2ccccc2)CCC2=C1c1cccc3c(-c4ccccc4)ccc2c13. The molecule has 54 heavy (non-hydrogen) atoms. The van der Waals surface area contributed by atoms with Crippen molar-refractivity contribution in [3.8, 4) is 55.6 Å². The van der Waals surface area contributed by atoms with Gasteiger partial charge in [-0.15, -0.1) is 0 Å². The minimum Gasteiger partial charge on any atom is -0.0622 e. The summed E-state index contributed by atoms with van der Waals surface area (Å²) in [5.41, 5.74) is 21.6. The predicted octanol–water partition coefficient (Wildman–Crippen LogP) is 14.9. The van der Waals surface area contributed by atoms with Gasteiger partial charge in [-0.05, 0) is 134 Å². The van der Waals surface area contributed by atoms with Crippen LogP contribution in [0.4, 0.5) is 0 Å². The summed E-state index contributed by atoms with van der Waals surface area (Å²) in [5, 5.41) is 8.07. The third-order valence-electron chi connectivity index (χ3n) is 12.3. The van der Waals surface area contributed by atoms with Gasteiger partial charge in [-0.3, -0.25) is 0 Å². The van der Waals surface area contributed by atoms with Crippen LogP contribution in [0.2, 0.25) is 0 Å². The van der Waals surface area contributed by atoms with Gasteiger partial charge in [0.25, 0.3) is 0 Å². The molecule has 0 nitrogen and oxygen atoms in total. The number of hydrogen-bond acceptors (Lipinski definition) is 0. The number of benzene rings is 9. The third-order valence-corrected chi connectivity index (χ3v) is 12.3. The van der Waals surface area contributed by atoms with Crippen molar-refractivity contribution in [3.63, 3.8) is 0 Å². The predicted molar refractivity (Wildman–Crippen MR) is 230 cm³/mol. The highest BCUT2D eigenvalue weighted by Crippen LogP contribution is 2.59. The van der Waals surface area contributed by atoms with Gasteiger partial charge < -0.3 is 0 Å². The Bertz CT molecular complexity index is 3010. The Hall–Kier alpha value is -6.76. The van der Waals surface area contributed by atoms with Gasteiger partial charge >= 0.3 is 0 Å². The van der Waals surface area contributed by atoms with Gasteiger partial charge in [0, 0.05) is 0 Å². The quantitative estimate of drug-likeness (QED) is 0.173. The molecule has 9 aromatic rings. The van der Waals surface area contributed by atoms with E-state index in [-0.39, 0.29) is 0 Å². The first-order valence-electron chi connectivity index (χ1n) is 19.2. The molecule has 0 spiro atoms. The molecular formula is C54H34. The topological polar surface area (TPSA) is 0 Å². The Kier molecular flexibility index (Phi) is 6.27. The molecule has 0 heterocycles. The second-order valence-electron chi connectivity index (χ2n) is 15.0. The number of fused-ring (bicyclic) bond motifs is 6. The molecule has 0 saturated carbocycles. The Labute approximate surface area is 315 Å². The van der Waals surface area contributed by atoms with Gasteiger partial charge in [-0.25, -0.2) is 0 Å². The Balaban J connectivity index is 1.09. The molecule has 0 fully saturated rings. The van der Waals surface area contributed by atoms with Crippen LogP contribution in [0.25, 0.3) is 105 Å². The van der Waals surface area contributed by atoms with Crippen molar-refractivity contribution >= 4 is 49.0 Å². The summed E-state index contributed by atoms with van der Waals surface area (Å²) in [6, 6.07) is 65.4. The number of allylic oxidation sites excluding steroid dienone is 4. The molecule has 12 rings (SSSR count). The van der Waals surface area contributed by atoms with E-state index in [0.717, 1.165) is 12.8 Å². The largest absolute Gasteiger partial charge is 0.0622 e. The Morgan fingerprint density at radius 2 is 0.741 bits per heavy atom. The molecule has 0 aromatic heterocycles. The van der Waals surface area contributed by atoms with Crippen molar-refractivity contribution in [1.82, 2.24) is 0 Å². The fourth-order valence-electron chi connectivity index (χ4n) is 10.1. The van der Waals surface area contributed by atoms with Crippen molar-refractivity contribution in [2.75, 3.05) is 0 Å². The Morgan fingerprint density at radius 3 is 1.39 bits per heavy atom. The van der Waals surface area contributed by atoms with Crippen LogP contribution in [-0.2, 0) is 0 Å². The van der Waals surface area contributed by atoms with E-state index in [2.05, 4.69) is 182 Å². The lowest BCUT2D eigenvalue weighted by molar-refractivity contribution is 1.08. The van der Waals surface area contributed by atoms with E-state index in [1.165, 1.54) is 121 Å². The molecular weight excluding hydrogens is 649 g/mol. The van der Waals surface area contributed by atoms with E-state index in [9.17, 15) is 0 Å². The van der Waals surface area contributed by atoms with Crippen molar-refractivity contribution < 1.29 is 0 Å². The van der Waals surface area contributed by atoms with Crippen LogP contribution in [0.3, 0.4) is 0 Å². The van der Waals surface area contributed by atoms with Crippen LogP contribution in [-0.4, -0.2) is 0 Å². The highest BCUT2D eigenvalue weighted by atomic mass is 14.4. The van der Waals surface area contributed by atoms with Gasteiger partial charge in [-0.2, -0.15) is 0 Å². The smallest absolute Gasteiger partial charge is 0.000741 e. The molecule has 0 atom stereocenters. The van der Waals surface area contributed by atoms with Gasteiger partial charge in [0.1, 0.15) is 0 Å². The second kappa shape index (κ2) is 11.4. The van der Waals surface area contributed by atoms with E-state index in [4.69, 9.17) is 0 Å². The monoisotopic (exact) mass is 682 g/mol. The van der Waals surface area contributed by atoms with Crippen LogP contribution in [0, 0.1) is 0 Å². The fraction of sp³-hybridized carbons (Fsp3) is 0.0370. The highest BCUT2D eigenvalue weighted by molar-refractivity contribution is 6.29. The van der Waals surface area contributed by atoms with Crippen LogP contribution in [0.5, 0.6) is 0 Å². The summed E-state index contributed by atoms with van der Waals surface area (Å²) in [4.78, 5) is 0. The normalized spacial score (nSPS) is 13.8. The minimum absolute atomic E-state index is 1.02. The molecule has 3 aliphatic rings. The van der Waals surface area contributed by atoms with Crippen LogP contribution < -0.4 is 0 Å². The van der Waals surface area contributed by atoms with Gasteiger partial charge in [0.15, 0.2) is 0 Å². The standard InChI is InChI=1S/C54H34/c1-4-14-33(15-5-1)37-28-30-45-39-27-26-36(32-48(39)44-24-12-22-40(37)51(44)45)38-29-31-47-52-41(38)23-13-25-46(52)53-49(34-16-6-2-7-17-34)42-20-10-11-21-43(42)50(54(47)53)35-18-8-3-9-19-35/h1-25,28-32H,26-27H2. The summed E-state index contributed by atoms with van der Waals surface area (Å²) < 4.78 is 0. The molecule has 0 aliphatic heterocycles. The highest BCUT2D eigenvalue weighted by Gasteiger charge is 2.32. The molecule has 0 bridgehead atoms. The maximum absolute atomic E-state index is 2.53. The number of hydrogen-bond donors (Lipinski definition) is 0. The molecule has 0 saturated heterocycles. The van der Waals surface area contributed by atoms with Crippen LogP contribution in [0.1, 0.15) is 29.5 Å². The summed E-state index contributed by atoms with van der Waals surface area (Å²) in [5.74, 6) is 0. The first kappa shape index (κ1) is 29.8. The van der Waals surface area contributed by atoms with E-state index >= 15 is 0 Å². The molecule has 9 aromatic carbocycles. The van der Waals surface area contributed by atoms with Gasteiger partial charge in [-0.1, -0.05) is 182 Å². The maximum Gasteiger partial charge on any atom is -0.000741 e. The van der Waals surface area contributed by atoms with E-state index in [1.807, 2.05) is 0 Å². The van der Waals surface area contributed by atoms with Crippen molar-refractivity contribution in [2.24, 2.45) is 0 Å². The van der Waals surface area contributed by atoms with Crippen LogP contribution >= 0.6 is 0 Å². The van der Waals surface area contributed by atoms with Crippen molar-refractivity contribution in [3.05, 3.63) is 199 Å². The molecule has 0 unspecified atom stereocenters. The maximum atomic E-state index is 2.53. The van der Waals surface area contributed by atoms with E-state index in [1.54, 1.807) is 0 Å². The van der Waals surface area contributed by atoms with Crippen molar-refractivity contribution in [1.29, 1.82) is 0 Å². The van der Waals surface area contributed by atoms with Gasteiger partial charge in [0.05, 0.1) is 0 Å². The number of rotatable bonds is 4. The fourth-order valence-corrected chi connectivity index (χ4v) is 10.1. The Morgan fingerprint density at radius 1 is 0.278 bits per heavy atom.